The first-order valence-corrected chi connectivity index (χ1v) is 11.5. The van der Waals surface area contributed by atoms with Crippen LogP contribution in [0.15, 0.2) is 89.3 Å². The van der Waals surface area contributed by atoms with Crippen molar-refractivity contribution in [3.05, 3.63) is 96.1 Å². The molecule has 0 spiro atoms. The van der Waals surface area contributed by atoms with Gasteiger partial charge < -0.3 is 5.11 Å². The molecule has 4 rings (SSSR count). The van der Waals surface area contributed by atoms with Crippen molar-refractivity contribution in [3.8, 4) is 39.5 Å². The molecule has 0 saturated carbocycles. The molecule has 0 unspecified atom stereocenters. The molecule has 1 heterocycles. The van der Waals surface area contributed by atoms with Crippen LogP contribution in [-0.4, -0.2) is 5.11 Å². The lowest BCUT2D eigenvalue weighted by molar-refractivity contribution is 0.423. The van der Waals surface area contributed by atoms with Crippen LogP contribution in [0.25, 0.3) is 33.8 Å². The van der Waals surface area contributed by atoms with Crippen molar-refractivity contribution in [3.63, 3.8) is 0 Å². The fourth-order valence-corrected chi connectivity index (χ4v) is 4.10. The highest BCUT2D eigenvalue weighted by Crippen LogP contribution is 2.43. The van der Waals surface area contributed by atoms with E-state index in [2.05, 4.69) is 90.1 Å². The topological polar surface area (TPSA) is 31.5 Å². The molecule has 0 saturated heterocycles. The highest BCUT2D eigenvalue weighted by molar-refractivity contribution is 5.76. The third kappa shape index (κ3) is 4.85. The number of phenolic OH excluding ortho intramolecular Hbond substituents is 1. The average molecular weight is 438 g/mol. The molecule has 33 heavy (non-hydrogen) atoms. The molecule has 0 fully saturated rings. The van der Waals surface area contributed by atoms with Crippen molar-refractivity contribution in [2.24, 2.45) is 0 Å². The number of hydrogen-bond donors (Lipinski definition) is 1. The second-order valence-electron chi connectivity index (χ2n) is 10.7. The molecule has 4 aromatic rings. The Morgan fingerprint density at radius 3 is 1.24 bits per heavy atom. The smallest absolute Gasteiger partial charge is 0.361 e. The van der Waals surface area contributed by atoms with E-state index in [4.69, 9.17) is 4.42 Å². The van der Waals surface area contributed by atoms with E-state index in [1.807, 2.05) is 36.4 Å². The van der Waals surface area contributed by atoms with Crippen LogP contribution in [0.3, 0.4) is 0 Å². The molecule has 1 N–H and O–H groups in total. The van der Waals surface area contributed by atoms with Gasteiger partial charge in [-0.25, -0.2) is 4.42 Å². The molecular weight excluding hydrogens is 404 g/mol. The Morgan fingerprint density at radius 1 is 0.515 bits per heavy atom. The lowest BCUT2D eigenvalue weighted by Crippen LogP contribution is -2.17. The molecule has 0 aliphatic heterocycles. The van der Waals surface area contributed by atoms with Crippen molar-refractivity contribution >= 4 is 0 Å². The summed E-state index contributed by atoms with van der Waals surface area (Å²) in [6.45, 7) is 12.9. The summed E-state index contributed by atoms with van der Waals surface area (Å²) in [5, 5.41) is 11.2. The number of hydrogen-bond acceptors (Lipinski definition) is 1. The maximum absolute atomic E-state index is 11.2. The largest absolute Gasteiger partial charge is 0.507 e. The predicted octanol–water partition coefficient (Wildman–Crippen LogP) is 8.86. The monoisotopic (exact) mass is 437 g/mol. The Labute approximate surface area is 197 Å². The van der Waals surface area contributed by atoms with Gasteiger partial charge >= 0.3 is 11.5 Å². The number of benzene rings is 3. The summed E-state index contributed by atoms with van der Waals surface area (Å²) in [6, 6.07) is 28.8. The second kappa shape index (κ2) is 8.51. The number of aromatic hydroxyl groups is 1. The molecule has 2 heteroatoms. The maximum atomic E-state index is 11.2. The summed E-state index contributed by atoms with van der Waals surface area (Å²) in [4.78, 5) is 0. The Morgan fingerprint density at radius 2 is 0.879 bits per heavy atom. The number of rotatable bonds is 3. The van der Waals surface area contributed by atoms with Gasteiger partial charge in [0.25, 0.3) is 0 Å². The van der Waals surface area contributed by atoms with Gasteiger partial charge in [0.1, 0.15) is 5.75 Å². The van der Waals surface area contributed by atoms with Gasteiger partial charge in [-0.1, -0.05) is 77.9 Å². The van der Waals surface area contributed by atoms with Crippen molar-refractivity contribution < 1.29 is 9.52 Å². The molecule has 0 aliphatic rings. The molecule has 168 valence electrons. The van der Waals surface area contributed by atoms with E-state index in [1.54, 1.807) is 0 Å². The van der Waals surface area contributed by atoms with E-state index in [0.29, 0.717) is 5.75 Å². The molecule has 0 aliphatic carbocycles. The quantitative estimate of drug-likeness (QED) is 0.325. The fraction of sp³-hybridized carbons (Fsp3) is 0.258. The van der Waals surface area contributed by atoms with Crippen LogP contribution in [0.2, 0.25) is 0 Å². The zero-order chi connectivity index (χ0) is 23.8. The molecule has 0 radical (unpaired) electrons. The van der Waals surface area contributed by atoms with Gasteiger partial charge in [0, 0.05) is 16.7 Å². The van der Waals surface area contributed by atoms with Crippen LogP contribution in [0, 0.1) is 0 Å². The van der Waals surface area contributed by atoms with Gasteiger partial charge in [-0.15, -0.1) is 0 Å². The van der Waals surface area contributed by atoms with Gasteiger partial charge in [0.05, 0.1) is 23.3 Å². The molecular formula is C31H33O2+. The standard InChI is InChI=1S/C31H32O2/c1-30(2,3)25-17-23(18-26(29(25)32)31(4,5)6)24-19-27(21-13-9-7-10-14-21)33-28(20-24)22-15-11-8-12-16-22/h7-20H,1-6H3/p+1. The van der Waals surface area contributed by atoms with Crippen molar-refractivity contribution in [1.29, 1.82) is 0 Å². The Balaban J connectivity index is 2.00. The van der Waals surface area contributed by atoms with Crippen LogP contribution in [-0.2, 0) is 10.8 Å². The zero-order valence-electron chi connectivity index (χ0n) is 20.4. The first-order valence-electron chi connectivity index (χ1n) is 11.5. The van der Waals surface area contributed by atoms with Crippen LogP contribution >= 0.6 is 0 Å². The molecule has 0 bridgehead atoms. The summed E-state index contributed by atoms with van der Waals surface area (Å²) < 4.78 is 6.38. The summed E-state index contributed by atoms with van der Waals surface area (Å²) in [5.41, 5.74) is 5.72. The fourth-order valence-electron chi connectivity index (χ4n) is 4.10. The minimum atomic E-state index is -0.191. The molecule has 1 aromatic heterocycles. The van der Waals surface area contributed by atoms with Gasteiger partial charge in [-0.05, 0) is 52.8 Å². The number of phenols is 1. The van der Waals surface area contributed by atoms with Crippen molar-refractivity contribution in [2.75, 3.05) is 0 Å². The molecule has 0 atom stereocenters. The Hall–Kier alpha value is -3.39. The van der Waals surface area contributed by atoms with E-state index in [9.17, 15) is 5.11 Å². The first kappa shape index (κ1) is 22.8. The molecule has 2 nitrogen and oxygen atoms in total. The van der Waals surface area contributed by atoms with Gasteiger partial charge in [-0.3, -0.25) is 0 Å². The maximum Gasteiger partial charge on any atom is 0.361 e. The third-order valence-corrected chi connectivity index (χ3v) is 5.97. The Bertz CT molecular complexity index is 1170. The normalized spacial score (nSPS) is 12.1. The van der Waals surface area contributed by atoms with E-state index >= 15 is 0 Å². The van der Waals surface area contributed by atoms with E-state index < -0.39 is 0 Å². The lowest BCUT2D eigenvalue weighted by Gasteiger charge is -2.28. The zero-order valence-corrected chi connectivity index (χ0v) is 20.4. The Kier molecular flexibility index (Phi) is 5.88. The highest BCUT2D eigenvalue weighted by Gasteiger charge is 2.28. The SMILES string of the molecule is CC(C)(C)c1cc(-c2cc(-c3ccccc3)[o+]c(-c3ccccc3)c2)cc(C(C)(C)C)c1O. The van der Waals surface area contributed by atoms with Crippen LogP contribution in [0.5, 0.6) is 5.75 Å². The van der Waals surface area contributed by atoms with Crippen molar-refractivity contribution in [1.82, 2.24) is 0 Å². The molecule has 0 amide bonds. The summed E-state index contributed by atoms with van der Waals surface area (Å²) in [5.74, 6) is 2.02. The van der Waals surface area contributed by atoms with Crippen LogP contribution < -0.4 is 0 Å². The predicted molar refractivity (Wildman–Crippen MR) is 138 cm³/mol. The minimum absolute atomic E-state index is 0.191. The van der Waals surface area contributed by atoms with Gasteiger partial charge in [-0.2, -0.15) is 0 Å². The van der Waals surface area contributed by atoms with E-state index in [-0.39, 0.29) is 10.8 Å². The van der Waals surface area contributed by atoms with E-state index in [1.165, 1.54) is 0 Å². The van der Waals surface area contributed by atoms with Gasteiger partial charge in [0.2, 0.25) is 0 Å². The minimum Gasteiger partial charge on any atom is -0.507 e. The highest BCUT2D eigenvalue weighted by atomic mass is 16.3. The van der Waals surface area contributed by atoms with E-state index in [0.717, 1.165) is 44.9 Å². The van der Waals surface area contributed by atoms with Crippen LogP contribution in [0.4, 0.5) is 0 Å². The summed E-state index contributed by atoms with van der Waals surface area (Å²) >= 11 is 0. The third-order valence-electron chi connectivity index (χ3n) is 5.97. The average Bonchev–Trinajstić information content (AvgIpc) is 2.78. The van der Waals surface area contributed by atoms with Gasteiger partial charge in [0.15, 0.2) is 0 Å². The van der Waals surface area contributed by atoms with Crippen LogP contribution in [0.1, 0.15) is 52.7 Å². The summed E-state index contributed by atoms with van der Waals surface area (Å²) in [7, 11) is 0. The lowest BCUT2D eigenvalue weighted by atomic mass is 9.77. The summed E-state index contributed by atoms with van der Waals surface area (Å²) in [6.07, 6.45) is 0. The second-order valence-corrected chi connectivity index (χ2v) is 10.7. The first-order chi connectivity index (χ1) is 15.5. The van der Waals surface area contributed by atoms with Crippen molar-refractivity contribution in [2.45, 2.75) is 52.4 Å². The molecule has 3 aromatic carbocycles.